The number of aryl methyl sites for hydroxylation is 1. The Hall–Kier alpha value is -1.19. The lowest BCUT2D eigenvalue weighted by molar-refractivity contribution is 0.0933. The van der Waals surface area contributed by atoms with Gasteiger partial charge in [0, 0.05) is 5.92 Å². The van der Waals surface area contributed by atoms with Crippen LogP contribution in [0.2, 0.25) is 0 Å². The molecule has 4 heteroatoms. The Morgan fingerprint density at radius 3 is 2.67 bits per heavy atom. The maximum absolute atomic E-state index is 11.5. The van der Waals surface area contributed by atoms with Gasteiger partial charge in [-0.1, -0.05) is 20.8 Å². The number of carbonyl (C=O) groups is 1. The highest BCUT2D eigenvalue weighted by Crippen LogP contribution is 2.08. The van der Waals surface area contributed by atoms with E-state index >= 15 is 0 Å². The second kappa shape index (κ2) is 3.47. The lowest BCUT2D eigenvalue weighted by Crippen LogP contribution is -2.10. The SMILES string of the molecule is CCc1n[nH]nc1C(=O)C(C)C. The number of H-pyrrole nitrogens is 1. The fourth-order valence-corrected chi connectivity index (χ4v) is 0.970. The first kappa shape index (κ1) is 8.90. The van der Waals surface area contributed by atoms with E-state index in [9.17, 15) is 4.79 Å². The Kier molecular flexibility index (Phi) is 2.58. The van der Waals surface area contributed by atoms with Gasteiger partial charge in [0.2, 0.25) is 0 Å². The topological polar surface area (TPSA) is 58.6 Å². The number of hydrogen-bond acceptors (Lipinski definition) is 3. The van der Waals surface area contributed by atoms with E-state index in [-0.39, 0.29) is 11.7 Å². The van der Waals surface area contributed by atoms with Gasteiger partial charge in [0.15, 0.2) is 11.5 Å². The van der Waals surface area contributed by atoms with Crippen molar-refractivity contribution in [2.75, 3.05) is 0 Å². The van der Waals surface area contributed by atoms with Crippen LogP contribution in [0, 0.1) is 5.92 Å². The molecule has 0 amide bonds. The fourth-order valence-electron chi connectivity index (χ4n) is 0.970. The highest BCUT2D eigenvalue weighted by molar-refractivity contribution is 5.96. The van der Waals surface area contributed by atoms with E-state index in [1.165, 1.54) is 0 Å². The minimum Gasteiger partial charge on any atom is -0.292 e. The van der Waals surface area contributed by atoms with Gasteiger partial charge < -0.3 is 0 Å². The Morgan fingerprint density at radius 2 is 2.17 bits per heavy atom. The molecule has 1 aromatic heterocycles. The molecular weight excluding hydrogens is 154 g/mol. The molecule has 1 N–H and O–H groups in total. The van der Waals surface area contributed by atoms with E-state index in [4.69, 9.17) is 0 Å². The molecule has 1 aromatic rings. The molecule has 4 nitrogen and oxygen atoms in total. The molecule has 0 saturated heterocycles. The molecular formula is C8H13N3O. The number of ketones is 1. The van der Waals surface area contributed by atoms with Crippen LogP contribution < -0.4 is 0 Å². The maximum atomic E-state index is 11.5. The van der Waals surface area contributed by atoms with Crippen molar-refractivity contribution < 1.29 is 4.79 Å². The molecule has 0 spiro atoms. The number of carbonyl (C=O) groups excluding carboxylic acids is 1. The Balaban J connectivity index is 2.94. The number of nitrogens with zero attached hydrogens (tertiary/aromatic N) is 2. The summed E-state index contributed by atoms with van der Waals surface area (Å²) in [5, 5.41) is 10.2. The van der Waals surface area contributed by atoms with Gasteiger partial charge in [0.1, 0.15) is 0 Å². The largest absolute Gasteiger partial charge is 0.292 e. The van der Waals surface area contributed by atoms with E-state index in [0.717, 1.165) is 12.1 Å². The summed E-state index contributed by atoms with van der Waals surface area (Å²) in [6, 6.07) is 0. The van der Waals surface area contributed by atoms with E-state index in [1.54, 1.807) is 0 Å². The first-order valence-corrected chi connectivity index (χ1v) is 4.10. The normalized spacial score (nSPS) is 10.7. The van der Waals surface area contributed by atoms with Crippen LogP contribution in [0.15, 0.2) is 0 Å². The van der Waals surface area contributed by atoms with Crippen molar-refractivity contribution in [3.05, 3.63) is 11.4 Å². The predicted molar refractivity (Wildman–Crippen MR) is 44.9 cm³/mol. The summed E-state index contributed by atoms with van der Waals surface area (Å²) in [5.41, 5.74) is 1.25. The zero-order chi connectivity index (χ0) is 9.14. The zero-order valence-electron chi connectivity index (χ0n) is 7.59. The summed E-state index contributed by atoms with van der Waals surface area (Å²) in [6.45, 7) is 5.67. The van der Waals surface area contributed by atoms with Gasteiger partial charge >= 0.3 is 0 Å². The number of Topliss-reactive ketones (excluding diaryl/α,β-unsaturated/α-hetero) is 1. The molecule has 0 bridgehead atoms. The molecule has 0 radical (unpaired) electrons. The number of nitrogens with one attached hydrogen (secondary N) is 1. The van der Waals surface area contributed by atoms with Crippen LogP contribution in [0.3, 0.4) is 0 Å². The third-order valence-corrected chi connectivity index (χ3v) is 1.71. The van der Waals surface area contributed by atoms with Crippen LogP contribution in [0.5, 0.6) is 0 Å². The molecule has 0 atom stereocenters. The minimum absolute atomic E-state index is 0.0135. The third-order valence-electron chi connectivity index (χ3n) is 1.71. The van der Waals surface area contributed by atoms with Crippen LogP contribution in [-0.2, 0) is 6.42 Å². The standard InChI is InChI=1S/C8H13N3O/c1-4-6-7(10-11-9-6)8(12)5(2)3/h5H,4H2,1-3H3,(H,9,10,11). The molecule has 1 rings (SSSR count). The quantitative estimate of drug-likeness (QED) is 0.688. The summed E-state index contributed by atoms with van der Waals surface area (Å²) in [5.74, 6) is 0.0426. The van der Waals surface area contributed by atoms with Crippen LogP contribution in [0.1, 0.15) is 37.0 Å². The third kappa shape index (κ3) is 1.52. The van der Waals surface area contributed by atoms with Crippen molar-refractivity contribution in [2.45, 2.75) is 27.2 Å². The Bertz CT molecular complexity index is 278. The lowest BCUT2D eigenvalue weighted by atomic mass is 10.0. The van der Waals surface area contributed by atoms with Crippen molar-refractivity contribution in [3.8, 4) is 0 Å². The van der Waals surface area contributed by atoms with Crippen molar-refractivity contribution in [1.82, 2.24) is 15.4 Å². The van der Waals surface area contributed by atoms with Gasteiger partial charge in [-0.05, 0) is 6.42 Å². The highest BCUT2D eigenvalue weighted by Gasteiger charge is 2.17. The van der Waals surface area contributed by atoms with Gasteiger partial charge in [0.25, 0.3) is 0 Å². The van der Waals surface area contributed by atoms with E-state index in [1.807, 2.05) is 20.8 Å². The second-order valence-corrected chi connectivity index (χ2v) is 2.99. The van der Waals surface area contributed by atoms with Crippen molar-refractivity contribution in [1.29, 1.82) is 0 Å². The highest BCUT2D eigenvalue weighted by atomic mass is 16.1. The Labute approximate surface area is 71.4 Å². The van der Waals surface area contributed by atoms with Crippen molar-refractivity contribution >= 4 is 5.78 Å². The van der Waals surface area contributed by atoms with Crippen LogP contribution in [0.4, 0.5) is 0 Å². The minimum atomic E-state index is -0.0135. The van der Waals surface area contributed by atoms with Crippen molar-refractivity contribution in [2.24, 2.45) is 5.92 Å². The summed E-state index contributed by atoms with van der Waals surface area (Å²) < 4.78 is 0. The smallest absolute Gasteiger partial charge is 0.187 e. The molecule has 0 aliphatic rings. The number of aromatic amines is 1. The summed E-state index contributed by atoms with van der Waals surface area (Å²) in [7, 11) is 0. The van der Waals surface area contributed by atoms with E-state index in [2.05, 4.69) is 15.4 Å². The van der Waals surface area contributed by atoms with Gasteiger partial charge in [-0.25, -0.2) is 0 Å². The molecule has 1 heterocycles. The monoisotopic (exact) mass is 167 g/mol. The van der Waals surface area contributed by atoms with Crippen molar-refractivity contribution in [3.63, 3.8) is 0 Å². The first-order chi connectivity index (χ1) is 5.66. The van der Waals surface area contributed by atoms with Gasteiger partial charge in [-0.3, -0.25) is 4.79 Å². The predicted octanol–water partition coefficient (Wildman–Crippen LogP) is 1.21. The molecule has 0 aromatic carbocycles. The summed E-state index contributed by atoms with van der Waals surface area (Å²) in [4.78, 5) is 11.5. The second-order valence-electron chi connectivity index (χ2n) is 2.99. The molecule has 0 aliphatic heterocycles. The first-order valence-electron chi connectivity index (χ1n) is 4.10. The molecule has 12 heavy (non-hydrogen) atoms. The molecule has 0 fully saturated rings. The average Bonchev–Trinajstić information content (AvgIpc) is 2.49. The van der Waals surface area contributed by atoms with Gasteiger partial charge in [-0.15, -0.1) is 0 Å². The lowest BCUT2D eigenvalue weighted by Gasteiger charge is -2.00. The average molecular weight is 167 g/mol. The number of rotatable bonds is 3. The number of hydrogen-bond donors (Lipinski definition) is 1. The molecule has 0 unspecified atom stereocenters. The summed E-state index contributed by atoms with van der Waals surface area (Å²) >= 11 is 0. The zero-order valence-corrected chi connectivity index (χ0v) is 7.59. The maximum Gasteiger partial charge on any atom is 0.187 e. The molecule has 0 aliphatic carbocycles. The van der Waals surface area contributed by atoms with Crippen LogP contribution >= 0.6 is 0 Å². The van der Waals surface area contributed by atoms with Gasteiger partial charge in [0.05, 0.1) is 5.69 Å². The van der Waals surface area contributed by atoms with Gasteiger partial charge in [-0.2, -0.15) is 15.4 Å². The Morgan fingerprint density at radius 1 is 1.50 bits per heavy atom. The van der Waals surface area contributed by atoms with E-state index in [0.29, 0.717) is 5.69 Å². The van der Waals surface area contributed by atoms with Crippen LogP contribution in [-0.4, -0.2) is 21.2 Å². The van der Waals surface area contributed by atoms with E-state index < -0.39 is 0 Å². The molecule has 66 valence electrons. The summed E-state index contributed by atoms with van der Waals surface area (Å²) in [6.07, 6.45) is 0.740. The number of aromatic nitrogens is 3. The fraction of sp³-hybridized carbons (Fsp3) is 0.625. The van der Waals surface area contributed by atoms with Crippen LogP contribution in [0.25, 0.3) is 0 Å². The molecule has 0 saturated carbocycles.